The maximum absolute atomic E-state index is 11.0. The quantitative estimate of drug-likeness (QED) is 0.818. The zero-order valence-electron chi connectivity index (χ0n) is 8.36. The van der Waals surface area contributed by atoms with Crippen LogP contribution in [0.25, 0.3) is 0 Å². The van der Waals surface area contributed by atoms with E-state index in [-0.39, 0.29) is 17.9 Å². The monoisotopic (exact) mass is 288 g/mol. The van der Waals surface area contributed by atoms with Gasteiger partial charge in [0.1, 0.15) is 0 Å². The van der Waals surface area contributed by atoms with Gasteiger partial charge in [-0.2, -0.15) is 0 Å². The number of phenolic OH excluding ortho intramolecular Hbond substituents is 1. The van der Waals surface area contributed by atoms with E-state index in [0.29, 0.717) is 10.0 Å². The average molecular weight is 289 g/mol. The van der Waals surface area contributed by atoms with E-state index in [1.54, 1.807) is 0 Å². The van der Waals surface area contributed by atoms with E-state index in [4.69, 9.17) is 9.84 Å². The molecule has 1 aromatic rings. The maximum atomic E-state index is 11.0. The van der Waals surface area contributed by atoms with Gasteiger partial charge in [0.2, 0.25) is 5.78 Å². The fraction of sp³-hybridized carbons (Fsp3) is 0.200. The summed E-state index contributed by atoms with van der Waals surface area (Å²) in [6, 6.07) is 2.89. The minimum absolute atomic E-state index is 0.0889. The summed E-state index contributed by atoms with van der Waals surface area (Å²) in [5.74, 6) is -2.31. The Balaban J connectivity index is 3.03. The van der Waals surface area contributed by atoms with E-state index in [9.17, 15) is 14.7 Å². The molecule has 16 heavy (non-hydrogen) atoms. The number of ether oxygens (including phenoxy) is 1. The molecule has 0 fully saturated rings. The first-order valence-electron chi connectivity index (χ1n) is 4.27. The molecule has 0 aliphatic heterocycles. The summed E-state index contributed by atoms with van der Waals surface area (Å²) < 4.78 is 5.22. The van der Waals surface area contributed by atoms with Gasteiger partial charge in [-0.3, -0.25) is 4.79 Å². The molecule has 5 nitrogen and oxygen atoms in total. The van der Waals surface area contributed by atoms with E-state index >= 15 is 0 Å². The number of ketones is 1. The van der Waals surface area contributed by atoms with Gasteiger partial charge in [-0.05, 0) is 33.6 Å². The number of methoxy groups -OCH3 is 1. The standard InChI is InChI=1S/C10H9BrO5/c1-16-8-4-5(2-6(11)9(8)13)3-7(12)10(14)15/h2,4,13H,3H2,1H3,(H,14,15). The van der Waals surface area contributed by atoms with E-state index in [1.807, 2.05) is 0 Å². The second kappa shape index (κ2) is 4.98. The van der Waals surface area contributed by atoms with Crippen molar-refractivity contribution < 1.29 is 24.5 Å². The number of benzene rings is 1. The van der Waals surface area contributed by atoms with Gasteiger partial charge >= 0.3 is 5.97 Å². The highest BCUT2D eigenvalue weighted by molar-refractivity contribution is 9.10. The summed E-state index contributed by atoms with van der Waals surface area (Å²) in [7, 11) is 1.37. The number of halogens is 1. The molecule has 0 aliphatic rings. The van der Waals surface area contributed by atoms with Crippen LogP contribution in [0.15, 0.2) is 16.6 Å². The molecule has 0 bridgehead atoms. The van der Waals surface area contributed by atoms with Gasteiger partial charge in [0, 0.05) is 6.42 Å². The van der Waals surface area contributed by atoms with Crippen molar-refractivity contribution >= 4 is 27.7 Å². The molecule has 0 aliphatic carbocycles. The Hall–Kier alpha value is -1.56. The fourth-order valence-electron chi connectivity index (χ4n) is 1.15. The SMILES string of the molecule is COc1cc(CC(=O)C(=O)O)cc(Br)c1O. The van der Waals surface area contributed by atoms with Crippen LogP contribution in [0.3, 0.4) is 0 Å². The van der Waals surface area contributed by atoms with Crippen LogP contribution in [0.4, 0.5) is 0 Å². The molecule has 0 amide bonds. The first-order valence-corrected chi connectivity index (χ1v) is 5.06. The van der Waals surface area contributed by atoms with Crippen molar-refractivity contribution in [3.8, 4) is 11.5 Å². The molecule has 1 aromatic carbocycles. The number of carboxylic acid groups (broad SMARTS) is 1. The van der Waals surface area contributed by atoms with Gasteiger partial charge in [0.15, 0.2) is 11.5 Å². The summed E-state index contributed by atoms with van der Waals surface area (Å²) in [5, 5.41) is 17.9. The topological polar surface area (TPSA) is 83.8 Å². The molecular weight excluding hydrogens is 280 g/mol. The second-order valence-corrected chi connectivity index (χ2v) is 3.89. The van der Waals surface area contributed by atoms with Crippen LogP contribution >= 0.6 is 15.9 Å². The Morgan fingerprint density at radius 2 is 2.06 bits per heavy atom. The van der Waals surface area contributed by atoms with Crippen molar-refractivity contribution in [2.45, 2.75) is 6.42 Å². The van der Waals surface area contributed by atoms with Crippen LogP contribution in [-0.2, 0) is 16.0 Å². The smallest absolute Gasteiger partial charge is 0.372 e. The van der Waals surface area contributed by atoms with Crippen LogP contribution in [-0.4, -0.2) is 29.1 Å². The number of hydrogen-bond donors (Lipinski definition) is 2. The number of hydrogen-bond acceptors (Lipinski definition) is 4. The summed E-state index contributed by atoms with van der Waals surface area (Å²) in [6.07, 6.45) is -0.245. The number of phenols is 1. The lowest BCUT2D eigenvalue weighted by Gasteiger charge is -2.07. The van der Waals surface area contributed by atoms with Gasteiger partial charge < -0.3 is 14.9 Å². The number of aliphatic carboxylic acids is 1. The lowest BCUT2D eigenvalue weighted by Crippen LogP contribution is -2.15. The van der Waals surface area contributed by atoms with Crippen molar-refractivity contribution in [3.63, 3.8) is 0 Å². The van der Waals surface area contributed by atoms with Crippen LogP contribution < -0.4 is 4.74 Å². The number of Topliss-reactive ketones (excluding diaryl/α,β-unsaturated/α-hetero) is 1. The Kier molecular flexibility index (Phi) is 3.89. The zero-order valence-corrected chi connectivity index (χ0v) is 9.94. The summed E-state index contributed by atoms with van der Waals surface area (Å²) >= 11 is 3.08. The predicted molar refractivity (Wildman–Crippen MR) is 58.7 cm³/mol. The third-order valence-electron chi connectivity index (χ3n) is 1.91. The van der Waals surface area contributed by atoms with Gasteiger partial charge in [0.25, 0.3) is 0 Å². The van der Waals surface area contributed by atoms with Crippen molar-refractivity contribution in [3.05, 3.63) is 22.2 Å². The molecule has 1 rings (SSSR count). The number of carbonyl (C=O) groups excluding carboxylic acids is 1. The maximum Gasteiger partial charge on any atom is 0.372 e. The van der Waals surface area contributed by atoms with Crippen LogP contribution in [0.1, 0.15) is 5.56 Å². The van der Waals surface area contributed by atoms with E-state index in [1.165, 1.54) is 19.2 Å². The summed E-state index contributed by atoms with van der Waals surface area (Å²) in [5.41, 5.74) is 0.453. The normalized spacial score (nSPS) is 9.88. The molecule has 2 N–H and O–H groups in total. The van der Waals surface area contributed by atoms with E-state index < -0.39 is 11.8 Å². The van der Waals surface area contributed by atoms with E-state index in [2.05, 4.69) is 15.9 Å². The molecular formula is C10H9BrO5. The molecule has 0 atom stereocenters. The first kappa shape index (κ1) is 12.5. The Morgan fingerprint density at radius 1 is 1.44 bits per heavy atom. The van der Waals surface area contributed by atoms with Gasteiger partial charge in [-0.1, -0.05) is 0 Å². The number of carboxylic acids is 1. The minimum atomic E-state index is -1.48. The zero-order chi connectivity index (χ0) is 12.3. The first-order chi connectivity index (χ1) is 7.45. The Morgan fingerprint density at radius 3 is 2.56 bits per heavy atom. The predicted octanol–water partition coefficient (Wildman–Crippen LogP) is 1.36. The molecule has 0 heterocycles. The van der Waals surface area contributed by atoms with Gasteiger partial charge in [-0.25, -0.2) is 4.79 Å². The van der Waals surface area contributed by atoms with Crippen LogP contribution in [0.2, 0.25) is 0 Å². The van der Waals surface area contributed by atoms with Crippen LogP contribution in [0.5, 0.6) is 11.5 Å². The molecule has 0 unspecified atom stereocenters. The second-order valence-electron chi connectivity index (χ2n) is 3.03. The minimum Gasteiger partial charge on any atom is -0.503 e. The highest BCUT2D eigenvalue weighted by Gasteiger charge is 2.15. The third kappa shape index (κ3) is 2.73. The number of carbonyl (C=O) groups is 2. The summed E-state index contributed by atoms with van der Waals surface area (Å²) in [4.78, 5) is 21.4. The van der Waals surface area contributed by atoms with Crippen molar-refractivity contribution in [1.29, 1.82) is 0 Å². The van der Waals surface area contributed by atoms with Gasteiger partial charge in [-0.15, -0.1) is 0 Å². The lowest BCUT2D eigenvalue weighted by molar-refractivity contribution is -0.148. The molecule has 0 saturated carbocycles. The number of rotatable bonds is 4. The average Bonchev–Trinajstić information content (AvgIpc) is 2.22. The van der Waals surface area contributed by atoms with Crippen LogP contribution in [0, 0.1) is 0 Å². The molecule has 0 saturated heterocycles. The van der Waals surface area contributed by atoms with Crippen molar-refractivity contribution in [2.75, 3.05) is 7.11 Å². The van der Waals surface area contributed by atoms with Crippen molar-refractivity contribution in [2.24, 2.45) is 0 Å². The lowest BCUT2D eigenvalue weighted by atomic mass is 10.1. The van der Waals surface area contributed by atoms with E-state index in [0.717, 1.165) is 0 Å². The fourth-order valence-corrected chi connectivity index (χ4v) is 1.64. The molecule has 0 spiro atoms. The molecule has 6 heteroatoms. The molecule has 86 valence electrons. The molecule has 0 radical (unpaired) electrons. The highest BCUT2D eigenvalue weighted by atomic mass is 79.9. The van der Waals surface area contributed by atoms with Crippen molar-refractivity contribution in [1.82, 2.24) is 0 Å². The highest BCUT2D eigenvalue weighted by Crippen LogP contribution is 2.35. The third-order valence-corrected chi connectivity index (χ3v) is 2.52. The molecule has 0 aromatic heterocycles. The Labute approximate surface area is 99.8 Å². The number of aromatic hydroxyl groups is 1. The Bertz CT molecular complexity index is 441. The van der Waals surface area contributed by atoms with Gasteiger partial charge in [0.05, 0.1) is 11.6 Å². The summed E-state index contributed by atoms with van der Waals surface area (Å²) in [6.45, 7) is 0. The largest absolute Gasteiger partial charge is 0.503 e.